The first-order valence-electron chi connectivity index (χ1n) is 4.04. The molecule has 0 unspecified atom stereocenters. The molecular formula is C9H10BrNO2. The van der Waals surface area contributed by atoms with E-state index in [0.717, 1.165) is 22.5 Å². The van der Waals surface area contributed by atoms with Crippen LogP contribution in [-0.4, -0.2) is 13.8 Å². The highest BCUT2D eigenvalue weighted by molar-refractivity contribution is 9.10. The van der Waals surface area contributed by atoms with Crippen LogP contribution in [0.15, 0.2) is 16.6 Å². The van der Waals surface area contributed by atoms with Gasteiger partial charge in [-0.25, -0.2) is 0 Å². The number of rotatable bonds is 2. The highest BCUT2D eigenvalue weighted by Gasteiger charge is 2.15. The van der Waals surface area contributed by atoms with Crippen molar-refractivity contribution < 1.29 is 9.47 Å². The fourth-order valence-corrected chi connectivity index (χ4v) is 1.75. The minimum absolute atomic E-state index is 0.324. The molecule has 0 radical (unpaired) electrons. The number of hydrogen-bond acceptors (Lipinski definition) is 3. The molecule has 0 spiro atoms. The average molecular weight is 244 g/mol. The number of benzene rings is 1. The van der Waals surface area contributed by atoms with Gasteiger partial charge in [-0.15, -0.1) is 0 Å². The van der Waals surface area contributed by atoms with Crippen molar-refractivity contribution in [2.75, 3.05) is 13.8 Å². The molecule has 0 saturated heterocycles. The summed E-state index contributed by atoms with van der Waals surface area (Å²) in [5.41, 5.74) is 1.17. The van der Waals surface area contributed by atoms with Crippen LogP contribution >= 0.6 is 15.9 Å². The van der Waals surface area contributed by atoms with Gasteiger partial charge in [0.25, 0.3) is 0 Å². The Balaban J connectivity index is 2.37. The van der Waals surface area contributed by atoms with Crippen molar-refractivity contribution in [3.63, 3.8) is 0 Å². The molecule has 0 atom stereocenters. The van der Waals surface area contributed by atoms with Crippen LogP contribution in [0.2, 0.25) is 0 Å². The molecule has 0 fully saturated rings. The van der Waals surface area contributed by atoms with E-state index in [1.54, 1.807) is 0 Å². The largest absolute Gasteiger partial charge is 0.454 e. The third kappa shape index (κ3) is 1.64. The molecule has 0 saturated carbocycles. The van der Waals surface area contributed by atoms with Gasteiger partial charge in [0.2, 0.25) is 6.79 Å². The van der Waals surface area contributed by atoms with E-state index in [4.69, 9.17) is 9.47 Å². The van der Waals surface area contributed by atoms with Crippen LogP contribution in [0.3, 0.4) is 0 Å². The lowest BCUT2D eigenvalue weighted by molar-refractivity contribution is 0.174. The maximum atomic E-state index is 5.27. The van der Waals surface area contributed by atoms with E-state index < -0.39 is 0 Å². The van der Waals surface area contributed by atoms with Crippen molar-refractivity contribution in [3.8, 4) is 11.5 Å². The maximum absolute atomic E-state index is 5.27. The van der Waals surface area contributed by atoms with E-state index in [2.05, 4.69) is 21.2 Å². The second kappa shape index (κ2) is 3.55. The van der Waals surface area contributed by atoms with Crippen LogP contribution in [0.5, 0.6) is 11.5 Å². The van der Waals surface area contributed by atoms with E-state index in [1.165, 1.54) is 5.56 Å². The number of fused-ring (bicyclic) bond motifs is 1. The zero-order valence-corrected chi connectivity index (χ0v) is 8.85. The molecule has 0 amide bonds. The lowest BCUT2D eigenvalue weighted by Crippen LogP contribution is -2.05. The molecule has 4 heteroatoms. The number of nitrogens with one attached hydrogen (secondary N) is 1. The molecule has 2 rings (SSSR count). The molecule has 1 aliphatic heterocycles. The SMILES string of the molecule is CNCc1cc2c(cc1Br)OCO2. The summed E-state index contributed by atoms with van der Waals surface area (Å²) in [6, 6.07) is 3.93. The fraction of sp³-hybridized carbons (Fsp3) is 0.333. The smallest absolute Gasteiger partial charge is 0.231 e. The molecule has 1 N–H and O–H groups in total. The first-order valence-corrected chi connectivity index (χ1v) is 4.83. The van der Waals surface area contributed by atoms with E-state index in [9.17, 15) is 0 Å². The Kier molecular flexibility index (Phi) is 2.42. The maximum Gasteiger partial charge on any atom is 0.231 e. The summed E-state index contributed by atoms with van der Waals surface area (Å²) < 4.78 is 11.6. The van der Waals surface area contributed by atoms with E-state index >= 15 is 0 Å². The second-order valence-corrected chi connectivity index (χ2v) is 3.68. The Hall–Kier alpha value is -0.740. The highest BCUT2D eigenvalue weighted by Crippen LogP contribution is 2.36. The van der Waals surface area contributed by atoms with Crippen LogP contribution in [0.25, 0.3) is 0 Å². The molecule has 1 aromatic carbocycles. The molecule has 0 aromatic heterocycles. The standard InChI is InChI=1S/C9H10BrNO2/c1-11-4-6-2-8-9(3-7(6)10)13-5-12-8/h2-3,11H,4-5H2,1H3. The van der Waals surface area contributed by atoms with Crippen molar-refractivity contribution >= 4 is 15.9 Å². The van der Waals surface area contributed by atoms with Gasteiger partial charge in [-0.1, -0.05) is 15.9 Å². The second-order valence-electron chi connectivity index (χ2n) is 2.83. The van der Waals surface area contributed by atoms with Gasteiger partial charge in [0.1, 0.15) is 0 Å². The van der Waals surface area contributed by atoms with Crippen LogP contribution in [0, 0.1) is 0 Å². The summed E-state index contributed by atoms with van der Waals surface area (Å²) in [6.07, 6.45) is 0. The predicted molar refractivity (Wildman–Crippen MR) is 53.0 cm³/mol. The zero-order valence-electron chi connectivity index (χ0n) is 7.26. The Morgan fingerprint density at radius 1 is 1.38 bits per heavy atom. The Bertz CT molecular complexity index is 328. The molecule has 70 valence electrons. The van der Waals surface area contributed by atoms with Gasteiger partial charge in [-0.05, 0) is 24.7 Å². The van der Waals surface area contributed by atoms with Gasteiger partial charge in [-0.3, -0.25) is 0 Å². The van der Waals surface area contributed by atoms with Crippen LogP contribution in [0.4, 0.5) is 0 Å². The van der Waals surface area contributed by atoms with Gasteiger partial charge in [0.05, 0.1) is 0 Å². The Morgan fingerprint density at radius 2 is 2.08 bits per heavy atom. The Morgan fingerprint density at radius 3 is 2.77 bits per heavy atom. The molecule has 1 aliphatic rings. The van der Waals surface area contributed by atoms with Gasteiger partial charge in [0.15, 0.2) is 11.5 Å². The molecule has 0 bridgehead atoms. The number of halogens is 1. The van der Waals surface area contributed by atoms with Gasteiger partial charge in [0, 0.05) is 11.0 Å². The van der Waals surface area contributed by atoms with Crippen LogP contribution in [-0.2, 0) is 6.54 Å². The molecular weight excluding hydrogens is 234 g/mol. The quantitative estimate of drug-likeness (QED) is 0.861. The summed E-state index contributed by atoms with van der Waals surface area (Å²) in [5, 5.41) is 3.09. The first kappa shape index (κ1) is 8.84. The van der Waals surface area contributed by atoms with E-state index in [-0.39, 0.29) is 0 Å². The molecule has 1 heterocycles. The third-order valence-electron chi connectivity index (χ3n) is 1.91. The summed E-state index contributed by atoms with van der Waals surface area (Å²) >= 11 is 3.48. The first-order chi connectivity index (χ1) is 6.31. The van der Waals surface area contributed by atoms with Gasteiger partial charge < -0.3 is 14.8 Å². The van der Waals surface area contributed by atoms with E-state index in [1.807, 2.05) is 19.2 Å². The van der Waals surface area contributed by atoms with Crippen LogP contribution < -0.4 is 14.8 Å². The predicted octanol–water partition coefficient (Wildman–Crippen LogP) is 1.90. The average Bonchev–Trinajstić information content (AvgIpc) is 2.52. The summed E-state index contributed by atoms with van der Waals surface area (Å²) in [6.45, 7) is 1.14. The van der Waals surface area contributed by atoms with Crippen molar-refractivity contribution in [2.24, 2.45) is 0 Å². The van der Waals surface area contributed by atoms with Crippen molar-refractivity contribution in [2.45, 2.75) is 6.54 Å². The van der Waals surface area contributed by atoms with Gasteiger partial charge >= 0.3 is 0 Å². The summed E-state index contributed by atoms with van der Waals surface area (Å²) in [5.74, 6) is 1.64. The van der Waals surface area contributed by atoms with Crippen molar-refractivity contribution in [1.82, 2.24) is 5.32 Å². The lowest BCUT2D eigenvalue weighted by atomic mass is 10.2. The van der Waals surface area contributed by atoms with Crippen molar-refractivity contribution in [1.29, 1.82) is 0 Å². The number of hydrogen-bond donors (Lipinski definition) is 1. The monoisotopic (exact) mass is 243 g/mol. The topological polar surface area (TPSA) is 30.5 Å². The Labute approximate surface area is 85.2 Å². The molecule has 13 heavy (non-hydrogen) atoms. The number of ether oxygens (including phenoxy) is 2. The highest BCUT2D eigenvalue weighted by atomic mass is 79.9. The summed E-state index contributed by atoms with van der Waals surface area (Å²) in [4.78, 5) is 0. The fourth-order valence-electron chi connectivity index (χ4n) is 1.29. The van der Waals surface area contributed by atoms with Crippen molar-refractivity contribution in [3.05, 3.63) is 22.2 Å². The third-order valence-corrected chi connectivity index (χ3v) is 2.65. The molecule has 0 aliphatic carbocycles. The molecule has 3 nitrogen and oxygen atoms in total. The van der Waals surface area contributed by atoms with E-state index in [0.29, 0.717) is 6.79 Å². The minimum atomic E-state index is 0.324. The van der Waals surface area contributed by atoms with Gasteiger partial charge in [-0.2, -0.15) is 0 Å². The molecule has 1 aromatic rings. The normalized spacial score (nSPS) is 13.4. The van der Waals surface area contributed by atoms with Crippen LogP contribution in [0.1, 0.15) is 5.56 Å². The summed E-state index contributed by atoms with van der Waals surface area (Å²) in [7, 11) is 1.91. The lowest BCUT2D eigenvalue weighted by Gasteiger charge is -2.04. The minimum Gasteiger partial charge on any atom is -0.454 e. The zero-order chi connectivity index (χ0) is 9.26.